The zero-order valence-corrected chi connectivity index (χ0v) is 13.2. The summed E-state index contributed by atoms with van der Waals surface area (Å²) >= 11 is 6.02. The summed E-state index contributed by atoms with van der Waals surface area (Å²) in [4.78, 5) is 24.5. The topological polar surface area (TPSA) is 61.4 Å². The van der Waals surface area contributed by atoms with Crippen molar-refractivity contribution in [3.63, 3.8) is 0 Å². The summed E-state index contributed by atoms with van der Waals surface area (Å²) in [5, 5.41) is 4.34. The van der Waals surface area contributed by atoms with E-state index in [1.165, 1.54) is 0 Å². The molecule has 2 aromatic rings. The number of nitrogens with one attached hydrogen (secondary N) is 1. The number of nitrogens with zero attached hydrogens (tertiary/aromatic N) is 4. The number of aromatic nitrogens is 2. The molecule has 1 amide bonds. The molecule has 0 aliphatic carbocycles. The highest BCUT2D eigenvalue weighted by atomic mass is 35.5. The van der Waals surface area contributed by atoms with Crippen LogP contribution in [0.5, 0.6) is 0 Å². The number of fused-ring (bicyclic) bond motifs is 1. The van der Waals surface area contributed by atoms with Crippen molar-refractivity contribution in [2.45, 2.75) is 0 Å². The minimum absolute atomic E-state index is 0.0515. The third-order valence-corrected chi connectivity index (χ3v) is 4.13. The van der Waals surface area contributed by atoms with Gasteiger partial charge in [-0.2, -0.15) is 0 Å². The van der Waals surface area contributed by atoms with Crippen LogP contribution >= 0.6 is 11.6 Å². The van der Waals surface area contributed by atoms with E-state index < -0.39 is 0 Å². The Balaban J connectivity index is 1.75. The smallest absolute Gasteiger partial charge is 0.233 e. The van der Waals surface area contributed by atoms with Crippen molar-refractivity contribution < 1.29 is 4.79 Å². The van der Waals surface area contributed by atoms with Gasteiger partial charge in [-0.15, -0.1) is 0 Å². The van der Waals surface area contributed by atoms with Gasteiger partial charge in [0.05, 0.1) is 12.1 Å². The molecule has 22 heavy (non-hydrogen) atoms. The lowest BCUT2D eigenvalue weighted by molar-refractivity contribution is -0.121. The van der Waals surface area contributed by atoms with Crippen molar-refractivity contribution in [1.82, 2.24) is 20.2 Å². The maximum Gasteiger partial charge on any atom is 0.233 e. The minimum atomic E-state index is 0.0515. The van der Waals surface area contributed by atoms with Gasteiger partial charge < -0.3 is 10.2 Å². The summed E-state index contributed by atoms with van der Waals surface area (Å²) < 4.78 is 0. The third-order valence-electron chi connectivity index (χ3n) is 3.90. The Hall–Kier alpha value is -1.92. The van der Waals surface area contributed by atoms with Crippen LogP contribution in [0.4, 0.5) is 5.82 Å². The second-order valence-electron chi connectivity index (χ2n) is 5.30. The Morgan fingerprint density at radius 3 is 2.77 bits per heavy atom. The van der Waals surface area contributed by atoms with Crippen molar-refractivity contribution in [3.8, 4) is 0 Å². The number of rotatable bonds is 3. The highest BCUT2D eigenvalue weighted by Crippen LogP contribution is 2.26. The highest BCUT2D eigenvalue weighted by Gasteiger charge is 2.21. The molecule has 0 saturated carbocycles. The molecule has 1 aromatic heterocycles. The Morgan fingerprint density at radius 1 is 1.27 bits per heavy atom. The normalized spacial score (nSPS) is 16.0. The fourth-order valence-corrected chi connectivity index (χ4v) is 2.83. The van der Waals surface area contributed by atoms with E-state index in [1.807, 2.05) is 18.2 Å². The number of piperazine rings is 1. The van der Waals surface area contributed by atoms with E-state index >= 15 is 0 Å². The number of halogens is 1. The molecule has 1 aromatic carbocycles. The number of amides is 1. The first kappa shape index (κ1) is 15.0. The largest absolute Gasteiger partial charge is 0.358 e. The molecule has 1 N–H and O–H groups in total. The number of benzene rings is 1. The van der Waals surface area contributed by atoms with Gasteiger partial charge in [-0.05, 0) is 18.2 Å². The second kappa shape index (κ2) is 6.46. The lowest BCUT2D eigenvalue weighted by atomic mass is 10.2. The lowest BCUT2D eigenvalue weighted by Gasteiger charge is -2.35. The van der Waals surface area contributed by atoms with Crippen LogP contribution in [0.25, 0.3) is 10.9 Å². The van der Waals surface area contributed by atoms with Crippen molar-refractivity contribution in [2.24, 2.45) is 0 Å². The summed E-state index contributed by atoms with van der Waals surface area (Å²) in [6.07, 6.45) is 1.57. The number of likely N-dealkylation sites (N-methyl/N-ethyl adjacent to an activating group) is 1. The molecule has 3 rings (SSSR count). The monoisotopic (exact) mass is 319 g/mol. The summed E-state index contributed by atoms with van der Waals surface area (Å²) in [7, 11) is 1.66. The van der Waals surface area contributed by atoms with Crippen LogP contribution in [0.15, 0.2) is 24.5 Å². The fourth-order valence-electron chi connectivity index (χ4n) is 2.67. The van der Waals surface area contributed by atoms with Crippen molar-refractivity contribution in [3.05, 3.63) is 29.5 Å². The first-order valence-corrected chi connectivity index (χ1v) is 7.63. The number of carbonyl (C=O) groups is 1. The molecule has 0 atom stereocenters. The Kier molecular flexibility index (Phi) is 4.40. The summed E-state index contributed by atoms with van der Waals surface area (Å²) in [5.41, 5.74) is 0.852. The van der Waals surface area contributed by atoms with Gasteiger partial charge in [0.15, 0.2) is 0 Å². The molecule has 2 heterocycles. The SMILES string of the molecule is CNC(=O)CN1CCN(c2ncnc3cc(Cl)ccc23)CC1. The van der Waals surface area contributed by atoms with Crippen LogP contribution in [0.3, 0.4) is 0 Å². The zero-order valence-electron chi connectivity index (χ0n) is 12.4. The van der Waals surface area contributed by atoms with Crippen LogP contribution in [-0.2, 0) is 4.79 Å². The number of anilines is 1. The van der Waals surface area contributed by atoms with Crippen LogP contribution in [0, 0.1) is 0 Å². The van der Waals surface area contributed by atoms with Gasteiger partial charge in [0.2, 0.25) is 5.91 Å². The average Bonchev–Trinajstić information content (AvgIpc) is 2.54. The summed E-state index contributed by atoms with van der Waals surface area (Å²) in [6.45, 7) is 3.81. The first-order valence-electron chi connectivity index (χ1n) is 7.25. The first-order chi connectivity index (χ1) is 10.7. The number of hydrogen-bond acceptors (Lipinski definition) is 5. The summed E-state index contributed by atoms with van der Waals surface area (Å²) in [5.74, 6) is 0.983. The molecular weight excluding hydrogens is 302 g/mol. The van der Waals surface area contributed by atoms with Crippen LogP contribution in [0.2, 0.25) is 5.02 Å². The van der Waals surface area contributed by atoms with E-state index in [0.29, 0.717) is 11.6 Å². The van der Waals surface area contributed by atoms with Crippen LogP contribution in [0.1, 0.15) is 0 Å². The number of carbonyl (C=O) groups excluding carboxylic acids is 1. The van der Waals surface area contributed by atoms with Gasteiger partial charge in [-0.25, -0.2) is 9.97 Å². The van der Waals surface area contributed by atoms with Crippen LogP contribution in [-0.4, -0.2) is 60.5 Å². The van der Waals surface area contributed by atoms with E-state index in [-0.39, 0.29) is 5.91 Å². The molecule has 116 valence electrons. The molecule has 7 heteroatoms. The zero-order chi connectivity index (χ0) is 15.5. The molecule has 1 aliphatic rings. The molecule has 0 bridgehead atoms. The van der Waals surface area contributed by atoms with Crippen LogP contribution < -0.4 is 10.2 Å². The predicted octanol–water partition coefficient (Wildman–Crippen LogP) is 1.15. The molecule has 1 aliphatic heterocycles. The van der Waals surface area contributed by atoms with E-state index in [4.69, 9.17) is 11.6 Å². The molecular formula is C15H18ClN5O. The van der Waals surface area contributed by atoms with E-state index in [2.05, 4.69) is 25.1 Å². The standard InChI is InChI=1S/C15H18ClN5O/c1-17-14(22)9-20-4-6-21(7-5-20)15-12-3-2-11(16)8-13(12)18-10-19-15/h2-3,8,10H,4-7,9H2,1H3,(H,17,22). The maximum atomic E-state index is 11.4. The molecule has 0 spiro atoms. The van der Waals surface area contributed by atoms with Gasteiger partial charge in [0, 0.05) is 43.6 Å². The average molecular weight is 320 g/mol. The second-order valence-corrected chi connectivity index (χ2v) is 5.73. The maximum absolute atomic E-state index is 11.4. The molecule has 6 nitrogen and oxygen atoms in total. The van der Waals surface area contributed by atoms with E-state index in [9.17, 15) is 4.79 Å². The Labute approximate surface area is 134 Å². The minimum Gasteiger partial charge on any atom is -0.358 e. The highest BCUT2D eigenvalue weighted by molar-refractivity contribution is 6.31. The van der Waals surface area contributed by atoms with E-state index in [1.54, 1.807) is 13.4 Å². The van der Waals surface area contributed by atoms with Gasteiger partial charge in [0.25, 0.3) is 0 Å². The van der Waals surface area contributed by atoms with Crippen molar-refractivity contribution in [1.29, 1.82) is 0 Å². The van der Waals surface area contributed by atoms with Crippen molar-refractivity contribution in [2.75, 3.05) is 44.7 Å². The third kappa shape index (κ3) is 3.13. The lowest BCUT2D eigenvalue weighted by Crippen LogP contribution is -2.49. The Morgan fingerprint density at radius 2 is 2.05 bits per heavy atom. The van der Waals surface area contributed by atoms with Crippen molar-refractivity contribution >= 4 is 34.2 Å². The fraction of sp³-hybridized carbons (Fsp3) is 0.400. The quantitative estimate of drug-likeness (QED) is 0.919. The predicted molar refractivity (Wildman–Crippen MR) is 87.3 cm³/mol. The molecule has 1 fully saturated rings. The molecule has 1 saturated heterocycles. The summed E-state index contributed by atoms with van der Waals surface area (Å²) in [6, 6.07) is 5.67. The van der Waals surface area contributed by atoms with Gasteiger partial charge in [-0.3, -0.25) is 9.69 Å². The Bertz CT molecular complexity index is 685. The number of hydrogen-bond donors (Lipinski definition) is 1. The van der Waals surface area contributed by atoms with Gasteiger partial charge in [0.1, 0.15) is 12.1 Å². The van der Waals surface area contributed by atoms with Gasteiger partial charge in [-0.1, -0.05) is 11.6 Å². The molecule has 0 radical (unpaired) electrons. The van der Waals surface area contributed by atoms with E-state index in [0.717, 1.165) is 42.9 Å². The molecule has 0 unspecified atom stereocenters. The van der Waals surface area contributed by atoms with Gasteiger partial charge >= 0.3 is 0 Å².